The van der Waals surface area contributed by atoms with Gasteiger partial charge in [-0.25, -0.2) is 4.39 Å². The Kier molecular flexibility index (Phi) is 2.97. The highest BCUT2D eigenvalue weighted by Crippen LogP contribution is 2.21. The number of ether oxygens (including phenoxy) is 1. The van der Waals surface area contributed by atoms with Crippen LogP contribution in [0.25, 0.3) is 0 Å². The van der Waals surface area contributed by atoms with E-state index in [1.807, 2.05) is 0 Å². The van der Waals surface area contributed by atoms with Gasteiger partial charge in [0.05, 0.1) is 11.6 Å². The van der Waals surface area contributed by atoms with Crippen LogP contribution in [0.4, 0.5) is 13.2 Å². The second-order valence-corrected chi connectivity index (χ2v) is 2.57. The van der Waals surface area contributed by atoms with Crippen molar-refractivity contribution in [3.63, 3.8) is 0 Å². The predicted octanol–water partition coefficient (Wildman–Crippen LogP) is 2.61. The summed E-state index contributed by atoms with van der Waals surface area (Å²) in [7, 11) is 0. The maximum Gasteiger partial charge on any atom is 0.387 e. The number of nitrogens with zero attached hydrogens (tertiary/aromatic N) is 1. The fourth-order valence-electron chi connectivity index (χ4n) is 0.941. The molecule has 1 rings (SSSR count). The van der Waals surface area contributed by atoms with Gasteiger partial charge in [0.2, 0.25) is 0 Å². The monoisotopic (exact) mass is 201 g/mol. The summed E-state index contributed by atoms with van der Waals surface area (Å²) in [6.45, 7) is -1.64. The molecule has 1 aromatic rings. The Morgan fingerprint density at radius 1 is 1.43 bits per heavy atom. The second-order valence-electron chi connectivity index (χ2n) is 2.57. The van der Waals surface area contributed by atoms with Crippen molar-refractivity contribution in [2.75, 3.05) is 0 Å². The lowest BCUT2D eigenvalue weighted by atomic mass is 10.1. The topological polar surface area (TPSA) is 33.0 Å². The lowest BCUT2D eigenvalue weighted by Gasteiger charge is -2.06. The van der Waals surface area contributed by atoms with Crippen LogP contribution in [0.3, 0.4) is 0 Å². The molecule has 0 saturated heterocycles. The van der Waals surface area contributed by atoms with Crippen LogP contribution in [0.1, 0.15) is 11.1 Å². The summed E-state index contributed by atoms with van der Waals surface area (Å²) < 4.78 is 40.5. The SMILES string of the molecule is Cc1c(F)cc(OC(F)F)cc1C#N. The van der Waals surface area contributed by atoms with Crippen molar-refractivity contribution in [1.29, 1.82) is 5.26 Å². The maximum atomic E-state index is 13.0. The third-order valence-electron chi connectivity index (χ3n) is 1.66. The minimum Gasteiger partial charge on any atom is -0.435 e. The Hall–Kier alpha value is -1.70. The highest BCUT2D eigenvalue weighted by molar-refractivity contribution is 5.43. The zero-order valence-corrected chi connectivity index (χ0v) is 7.22. The van der Waals surface area contributed by atoms with Gasteiger partial charge in [-0.05, 0) is 13.0 Å². The Morgan fingerprint density at radius 2 is 2.07 bits per heavy atom. The van der Waals surface area contributed by atoms with Gasteiger partial charge in [-0.3, -0.25) is 0 Å². The zero-order valence-electron chi connectivity index (χ0n) is 7.22. The Morgan fingerprint density at radius 3 is 2.57 bits per heavy atom. The average molecular weight is 201 g/mol. The van der Waals surface area contributed by atoms with Crippen LogP contribution in [-0.4, -0.2) is 6.61 Å². The molecule has 5 heteroatoms. The largest absolute Gasteiger partial charge is 0.435 e. The van der Waals surface area contributed by atoms with Crippen molar-refractivity contribution in [3.8, 4) is 11.8 Å². The number of nitriles is 1. The molecular formula is C9H6F3NO. The molecule has 0 spiro atoms. The van der Waals surface area contributed by atoms with Crippen LogP contribution < -0.4 is 4.74 Å². The summed E-state index contributed by atoms with van der Waals surface area (Å²) in [5, 5.41) is 8.54. The molecule has 0 saturated carbocycles. The third-order valence-corrected chi connectivity index (χ3v) is 1.66. The van der Waals surface area contributed by atoms with Crippen molar-refractivity contribution < 1.29 is 17.9 Å². The maximum absolute atomic E-state index is 13.0. The van der Waals surface area contributed by atoms with E-state index in [1.165, 1.54) is 6.92 Å². The highest BCUT2D eigenvalue weighted by atomic mass is 19.3. The van der Waals surface area contributed by atoms with E-state index in [2.05, 4.69) is 4.74 Å². The first-order valence-corrected chi connectivity index (χ1v) is 3.69. The van der Waals surface area contributed by atoms with Crippen molar-refractivity contribution in [3.05, 3.63) is 29.1 Å². The van der Waals surface area contributed by atoms with Gasteiger partial charge in [-0.15, -0.1) is 0 Å². The molecule has 0 amide bonds. The van der Waals surface area contributed by atoms with E-state index in [4.69, 9.17) is 5.26 Å². The zero-order chi connectivity index (χ0) is 10.7. The van der Waals surface area contributed by atoms with Gasteiger partial charge in [0.1, 0.15) is 11.6 Å². The van der Waals surface area contributed by atoms with Gasteiger partial charge < -0.3 is 4.74 Å². The molecule has 0 radical (unpaired) electrons. The second kappa shape index (κ2) is 4.01. The number of alkyl halides is 2. The predicted molar refractivity (Wildman–Crippen MR) is 42.5 cm³/mol. The standard InChI is InChI=1S/C9H6F3NO/c1-5-6(4-13)2-7(3-8(5)10)14-9(11)12/h2-3,9H,1H3. The van der Waals surface area contributed by atoms with Crippen LogP contribution in [0.15, 0.2) is 12.1 Å². The molecule has 1 aromatic carbocycles. The molecule has 0 aliphatic heterocycles. The number of halogens is 3. The molecule has 0 fully saturated rings. The van der Waals surface area contributed by atoms with E-state index < -0.39 is 12.4 Å². The number of hydrogen-bond acceptors (Lipinski definition) is 2. The molecule has 14 heavy (non-hydrogen) atoms. The molecule has 0 aliphatic carbocycles. The van der Waals surface area contributed by atoms with Crippen molar-refractivity contribution in [2.24, 2.45) is 0 Å². The van der Waals surface area contributed by atoms with E-state index >= 15 is 0 Å². The summed E-state index contributed by atoms with van der Waals surface area (Å²) in [5.41, 5.74) is 0.106. The summed E-state index contributed by atoms with van der Waals surface area (Å²) in [4.78, 5) is 0. The first kappa shape index (κ1) is 10.4. The number of hydrogen-bond donors (Lipinski definition) is 0. The molecule has 74 valence electrons. The van der Waals surface area contributed by atoms with Crippen molar-refractivity contribution in [1.82, 2.24) is 0 Å². The Labute approximate surface area is 78.5 Å². The third kappa shape index (κ3) is 2.16. The lowest BCUT2D eigenvalue weighted by Crippen LogP contribution is -2.03. The summed E-state index contributed by atoms with van der Waals surface area (Å²) >= 11 is 0. The van der Waals surface area contributed by atoms with Crippen LogP contribution in [0.2, 0.25) is 0 Å². The van der Waals surface area contributed by atoms with E-state index in [-0.39, 0.29) is 16.9 Å². The van der Waals surface area contributed by atoms with Crippen LogP contribution >= 0.6 is 0 Å². The molecule has 0 aliphatic rings. The highest BCUT2D eigenvalue weighted by Gasteiger charge is 2.10. The van der Waals surface area contributed by atoms with Crippen LogP contribution in [0.5, 0.6) is 5.75 Å². The van der Waals surface area contributed by atoms with E-state index in [0.717, 1.165) is 12.1 Å². The van der Waals surface area contributed by atoms with E-state index in [0.29, 0.717) is 0 Å². The molecule has 0 bridgehead atoms. The van der Waals surface area contributed by atoms with Gasteiger partial charge >= 0.3 is 6.61 Å². The van der Waals surface area contributed by atoms with Crippen molar-refractivity contribution >= 4 is 0 Å². The number of rotatable bonds is 2. The minimum absolute atomic E-state index is 0.0133. The quantitative estimate of drug-likeness (QED) is 0.736. The summed E-state index contributed by atoms with van der Waals surface area (Å²) in [6.07, 6.45) is 0. The minimum atomic E-state index is -3.02. The Bertz CT molecular complexity index is 384. The normalized spacial score (nSPS) is 10.0. The fraction of sp³-hybridized carbons (Fsp3) is 0.222. The fourth-order valence-corrected chi connectivity index (χ4v) is 0.941. The molecule has 0 N–H and O–H groups in total. The van der Waals surface area contributed by atoms with Crippen LogP contribution in [-0.2, 0) is 0 Å². The first-order chi connectivity index (χ1) is 6.54. The molecular weight excluding hydrogens is 195 g/mol. The smallest absolute Gasteiger partial charge is 0.387 e. The van der Waals surface area contributed by atoms with Gasteiger partial charge in [0.15, 0.2) is 0 Å². The first-order valence-electron chi connectivity index (χ1n) is 3.69. The Balaban J connectivity index is 3.11. The number of benzene rings is 1. The summed E-state index contributed by atoms with van der Waals surface area (Å²) in [6, 6.07) is 3.58. The molecule has 0 atom stereocenters. The molecule has 0 heterocycles. The molecule has 0 aromatic heterocycles. The molecule has 0 unspecified atom stereocenters. The lowest BCUT2D eigenvalue weighted by molar-refractivity contribution is -0.0500. The van der Waals surface area contributed by atoms with Crippen molar-refractivity contribution in [2.45, 2.75) is 13.5 Å². The average Bonchev–Trinajstić information content (AvgIpc) is 2.10. The van der Waals surface area contributed by atoms with Gasteiger partial charge in [0, 0.05) is 11.6 Å². The van der Waals surface area contributed by atoms with Gasteiger partial charge in [-0.2, -0.15) is 14.0 Å². The van der Waals surface area contributed by atoms with E-state index in [1.54, 1.807) is 6.07 Å². The molecule has 2 nitrogen and oxygen atoms in total. The van der Waals surface area contributed by atoms with E-state index in [9.17, 15) is 13.2 Å². The van der Waals surface area contributed by atoms with Gasteiger partial charge in [0.25, 0.3) is 0 Å². The van der Waals surface area contributed by atoms with Crippen LogP contribution in [0, 0.1) is 24.1 Å². The van der Waals surface area contributed by atoms with Gasteiger partial charge in [-0.1, -0.05) is 0 Å². The summed E-state index contributed by atoms with van der Waals surface area (Å²) in [5.74, 6) is -1.08.